The fraction of sp³-hybridized carbons (Fsp3) is 0.455. The first-order valence-electron chi connectivity index (χ1n) is 4.87. The molecule has 0 saturated carbocycles. The van der Waals surface area contributed by atoms with Crippen molar-refractivity contribution in [2.24, 2.45) is 0 Å². The molecule has 0 amide bonds. The molecule has 0 spiro atoms. The first-order chi connectivity index (χ1) is 6.93. The van der Waals surface area contributed by atoms with E-state index in [0.717, 1.165) is 5.56 Å². The van der Waals surface area contributed by atoms with Gasteiger partial charge in [0.15, 0.2) is 6.29 Å². The lowest BCUT2D eigenvalue weighted by atomic mass is 10.2. The van der Waals surface area contributed by atoms with Crippen molar-refractivity contribution in [3.8, 4) is 0 Å². The van der Waals surface area contributed by atoms with Crippen molar-refractivity contribution in [2.75, 3.05) is 13.2 Å². The Bertz CT molecular complexity index is 300. The summed E-state index contributed by atoms with van der Waals surface area (Å²) in [5.41, 5.74) is 1.08. The highest BCUT2D eigenvalue weighted by Crippen LogP contribution is 2.31. The van der Waals surface area contributed by atoms with Crippen molar-refractivity contribution in [3.05, 3.63) is 35.9 Å². The molecule has 2 heterocycles. The molecule has 3 nitrogen and oxygen atoms in total. The summed E-state index contributed by atoms with van der Waals surface area (Å²) in [6, 6.07) is 10.0. The Labute approximate surface area is 82.6 Å². The largest absolute Gasteiger partial charge is 0.365 e. The smallest absolute Gasteiger partial charge is 0.184 e. The first kappa shape index (κ1) is 8.41. The highest BCUT2D eigenvalue weighted by atomic mass is 16.7. The maximum atomic E-state index is 5.60. The summed E-state index contributed by atoms with van der Waals surface area (Å²) in [6.45, 7) is 1.29. The number of hydrogen-bond donors (Lipinski definition) is 0. The summed E-state index contributed by atoms with van der Waals surface area (Å²) in [6.07, 6.45) is 0.319. The molecule has 2 aliphatic heterocycles. The zero-order valence-electron chi connectivity index (χ0n) is 7.76. The molecule has 14 heavy (non-hydrogen) atoms. The molecule has 0 bridgehead atoms. The molecular formula is C11H12O3. The minimum atomic E-state index is -0.215. The van der Waals surface area contributed by atoms with Crippen LogP contribution in [0.25, 0.3) is 0 Å². The van der Waals surface area contributed by atoms with E-state index in [1.807, 2.05) is 30.3 Å². The molecule has 2 fully saturated rings. The number of fused-ring (bicyclic) bond motifs is 1. The lowest BCUT2D eigenvalue weighted by Crippen LogP contribution is -2.09. The Morgan fingerprint density at radius 2 is 1.57 bits per heavy atom. The second-order valence-corrected chi connectivity index (χ2v) is 3.62. The number of ether oxygens (including phenoxy) is 3. The average Bonchev–Trinajstić information content (AvgIpc) is 2.96. The summed E-state index contributed by atoms with van der Waals surface area (Å²) < 4.78 is 16.5. The van der Waals surface area contributed by atoms with Gasteiger partial charge in [0.05, 0.1) is 13.2 Å². The van der Waals surface area contributed by atoms with Gasteiger partial charge in [0.25, 0.3) is 0 Å². The molecule has 3 heteroatoms. The standard InChI is InChI=1S/C11H12O3/c1-2-4-8(5-3-1)11-12-6-9-10(14-9)7-13-11/h1-5,9-11H,6-7H2. The lowest BCUT2D eigenvalue weighted by molar-refractivity contribution is -0.147. The Balaban J connectivity index is 1.73. The fourth-order valence-corrected chi connectivity index (χ4v) is 1.69. The van der Waals surface area contributed by atoms with Crippen LogP contribution in [0.2, 0.25) is 0 Å². The van der Waals surface area contributed by atoms with Crippen LogP contribution >= 0.6 is 0 Å². The number of hydrogen-bond acceptors (Lipinski definition) is 3. The van der Waals surface area contributed by atoms with E-state index in [-0.39, 0.29) is 18.5 Å². The minimum absolute atomic E-state index is 0.215. The van der Waals surface area contributed by atoms with Crippen molar-refractivity contribution in [3.63, 3.8) is 0 Å². The monoisotopic (exact) mass is 192 g/mol. The summed E-state index contributed by atoms with van der Waals surface area (Å²) in [5, 5.41) is 0. The van der Waals surface area contributed by atoms with Crippen LogP contribution in [0.15, 0.2) is 30.3 Å². The van der Waals surface area contributed by atoms with Gasteiger partial charge in [0.2, 0.25) is 0 Å². The Morgan fingerprint density at radius 1 is 0.929 bits per heavy atom. The number of epoxide rings is 1. The third kappa shape index (κ3) is 1.54. The molecule has 74 valence electrons. The van der Waals surface area contributed by atoms with Crippen molar-refractivity contribution in [1.29, 1.82) is 0 Å². The summed E-state index contributed by atoms with van der Waals surface area (Å²) in [5.74, 6) is 0. The SMILES string of the molecule is c1ccc(C2OCC3OC3CO2)cc1. The van der Waals surface area contributed by atoms with Gasteiger partial charge in [0, 0.05) is 5.56 Å². The third-order valence-corrected chi connectivity index (χ3v) is 2.58. The van der Waals surface area contributed by atoms with E-state index in [2.05, 4.69) is 0 Å². The highest BCUT2D eigenvalue weighted by molar-refractivity contribution is 5.16. The van der Waals surface area contributed by atoms with Gasteiger partial charge < -0.3 is 14.2 Å². The van der Waals surface area contributed by atoms with Gasteiger partial charge in [-0.2, -0.15) is 0 Å². The van der Waals surface area contributed by atoms with Gasteiger partial charge in [-0.3, -0.25) is 0 Å². The van der Waals surface area contributed by atoms with Crippen LogP contribution in [0.5, 0.6) is 0 Å². The van der Waals surface area contributed by atoms with Gasteiger partial charge in [-0.25, -0.2) is 0 Å². The normalized spacial score (nSPS) is 35.9. The average molecular weight is 192 g/mol. The molecule has 1 aromatic carbocycles. The molecule has 2 saturated heterocycles. The fourth-order valence-electron chi connectivity index (χ4n) is 1.69. The number of rotatable bonds is 1. The maximum absolute atomic E-state index is 5.60. The van der Waals surface area contributed by atoms with Crippen LogP contribution in [0, 0.1) is 0 Å². The van der Waals surface area contributed by atoms with E-state index < -0.39 is 0 Å². The van der Waals surface area contributed by atoms with Crippen molar-refractivity contribution in [2.45, 2.75) is 18.5 Å². The highest BCUT2D eigenvalue weighted by Gasteiger charge is 2.42. The third-order valence-electron chi connectivity index (χ3n) is 2.58. The van der Waals surface area contributed by atoms with E-state index in [1.165, 1.54) is 0 Å². The molecule has 0 N–H and O–H groups in total. The predicted molar refractivity (Wildman–Crippen MR) is 49.7 cm³/mol. The minimum Gasteiger partial charge on any atom is -0.365 e. The topological polar surface area (TPSA) is 31.0 Å². The van der Waals surface area contributed by atoms with Gasteiger partial charge in [-0.05, 0) is 0 Å². The van der Waals surface area contributed by atoms with E-state index in [1.54, 1.807) is 0 Å². The Hall–Kier alpha value is -0.900. The van der Waals surface area contributed by atoms with Crippen molar-refractivity contribution < 1.29 is 14.2 Å². The van der Waals surface area contributed by atoms with Gasteiger partial charge in [0.1, 0.15) is 12.2 Å². The lowest BCUT2D eigenvalue weighted by Gasteiger charge is -2.16. The van der Waals surface area contributed by atoms with Gasteiger partial charge >= 0.3 is 0 Å². The van der Waals surface area contributed by atoms with E-state index >= 15 is 0 Å². The predicted octanol–water partition coefficient (Wildman–Crippen LogP) is 1.50. The molecule has 1 aromatic rings. The van der Waals surface area contributed by atoms with Crippen molar-refractivity contribution >= 4 is 0 Å². The second-order valence-electron chi connectivity index (χ2n) is 3.62. The number of benzene rings is 1. The maximum Gasteiger partial charge on any atom is 0.184 e. The van der Waals surface area contributed by atoms with Crippen LogP contribution in [0.3, 0.4) is 0 Å². The van der Waals surface area contributed by atoms with Crippen molar-refractivity contribution in [1.82, 2.24) is 0 Å². The van der Waals surface area contributed by atoms with E-state index in [0.29, 0.717) is 13.2 Å². The molecule has 2 unspecified atom stereocenters. The molecule has 2 aliphatic rings. The molecule has 3 rings (SSSR count). The van der Waals surface area contributed by atoms with Crippen LogP contribution < -0.4 is 0 Å². The zero-order valence-corrected chi connectivity index (χ0v) is 7.76. The van der Waals surface area contributed by atoms with Crippen LogP contribution in [-0.4, -0.2) is 25.4 Å². The summed E-state index contributed by atoms with van der Waals surface area (Å²) in [4.78, 5) is 0. The second kappa shape index (κ2) is 3.35. The van der Waals surface area contributed by atoms with Crippen LogP contribution in [0.4, 0.5) is 0 Å². The quantitative estimate of drug-likeness (QED) is 0.632. The molecule has 0 radical (unpaired) electrons. The molecule has 0 aliphatic carbocycles. The summed E-state index contributed by atoms with van der Waals surface area (Å²) >= 11 is 0. The van der Waals surface area contributed by atoms with Gasteiger partial charge in [-0.1, -0.05) is 30.3 Å². The molecule has 0 aromatic heterocycles. The van der Waals surface area contributed by atoms with E-state index in [4.69, 9.17) is 14.2 Å². The van der Waals surface area contributed by atoms with Crippen LogP contribution in [0.1, 0.15) is 11.9 Å². The summed E-state index contributed by atoms with van der Waals surface area (Å²) in [7, 11) is 0. The Morgan fingerprint density at radius 3 is 2.21 bits per heavy atom. The first-order valence-corrected chi connectivity index (χ1v) is 4.87. The van der Waals surface area contributed by atoms with E-state index in [9.17, 15) is 0 Å². The Kier molecular flexibility index (Phi) is 2.01. The van der Waals surface area contributed by atoms with Crippen LogP contribution in [-0.2, 0) is 14.2 Å². The molecule has 2 atom stereocenters. The van der Waals surface area contributed by atoms with Gasteiger partial charge in [-0.15, -0.1) is 0 Å². The molecular weight excluding hydrogens is 180 g/mol. The zero-order chi connectivity index (χ0) is 9.38.